The summed E-state index contributed by atoms with van der Waals surface area (Å²) in [7, 11) is 0. The Labute approximate surface area is 203 Å². The molecule has 0 unspecified atom stereocenters. The topological polar surface area (TPSA) is 96.9 Å². The summed E-state index contributed by atoms with van der Waals surface area (Å²) >= 11 is 9.29. The summed E-state index contributed by atoms with van der Waals surface area (Å²) in [5.74, 6) is -2.30. The van der Waals surface area contributed by atoms with Gasteiger partial charge in [0.05, 0.1) is 16.9 Å². The summed E-state index contributed by atoms with van der Waals surface area (Å²) in [6.45, 7) is 0. The Bertz CT molecular complexity index is 1230. The monoisotopic (exact) mass is 525 g/mol. The predicted octanol–water partition coefficient (Wildman–Crippen LogP) is 4.81. The molecule has 2 amide bonds. The number of benzene rings is 3. The molecular weight excluding hydrogens is 510 g/mol. The average Bonchev–Trinajstić information content (AvgIpc) is 2.81. The van der Waals surface area contributed by atoms with E-state index in [4.69, 9.17) is 16.3 Å². The van der Waals surface area contributed by atoms with Crippen molar-refractivity contribution >= 4 is 63.3 Å². The van der Waals surface area contributed by atoms with E-state index in [1.165, 1.54) is 12.3 Å². The third kappa shape index (κ3) is 7.41. The fourth-order valence-electron chi connectivity index (χ4n) is 2.54. The zero-order valence-electron chi connectivity index (χ0n) is 17.0. The summed E-state index contributed by atoms with van der Waals surface area (Å²) < 4.78 is 6.08. The Morgan fingerprint density at radius 3 is 2.42 bits per heavy atom. The molecule has 0 radical (unpaired) electrons. The van der Waals surface area contributed by atoms with Crippen molar-refractivity contribution in [3.63, 3.8) is 0 Å². The standard InChI is InChI=1S/C24H17BrClN3O4/c25-18-11-12-21(33-22(30)13-10-16-6-2-1-3-7-16)17(14-18)15-27-29-24(32)23(31)28-20-9-5-4-8-19(20)26/h1-15H,(H,28,31)(H,29,32)/b13-10+,27-15-. The maximum Gasteiger partial charge on any atom is 0.336 e. The molecular formula is C24H17BrClN3O4. The van der Waals surface area contributed by atoms with Crippen molar-refractivity contribution in [1.29, 1.82) is 0 Å². The lowest BCUT2D eigenvalue weighted by atomic mass is 10.2. The zero-order valence-corrected chi connectivity index (χ0v) is 19.3. The van der Waals surface area contributed by atoms with Gasteiger partial charge in [-0.25, -0.2) is 10.2 Å². The minimum absolute atomic E-state index is 0.222. The third-order valence-electron chi connectivity index (χ3n) is 4.09. The van der Waals surface area contributed by atoms with Crippen LogP contribution in [0, 0.1) is 0 Å². The van der Waals surface area contributed by atoms with Crippen molar-refractivity contribution < 1.29 is 19.1 Å². The molecule has 2 N–H and O–H groups in total. The number of anilines is 1. The molecule has 9 heteroatoms. The number of hydrogen-bond acceptors (Lipinski definition) is 5. The number of ether oxygens (including phenoxy) is 1. The van der Waals surface area contributed by atoms with Crippen LogP contribution in [-0.2, 0) is 14.4 Å². The summed E-state index contributed by atoms with van der Waals surface area (Å²) in [4.78, 5) is 36.2. The van der Waals surface area contributed by atoms with Gasteiger partial charge in [-0.1, -0.05) is 70.0 Å². The fourth-order valence-corrected chi connectivity index (χ4v) is 3.10. The second kappa shape index (κ2) is 11.8. The molecule has 0 aliphatic rings. The largest absolute Gasteiger partial charge is 0.423 e. The molecule has 0 aromatic heterocycles. The second-order valence-corrected chi connectivity index (χ2v) is 7.80. The van der Waals surface area contributed by atoms with Crippen molar-refractivity contribution in [1.82, 2.24) is 5.43 Å². The van der Waals surface area contributed by atoms with Gasteiger partial charge in [-0.2, -0.15) is 5.10 Å². The third-order valence-corrected chi connectivity index (χ3v) is 4.91. The van der Waals surface area contributed by atoms with Gasteiger partial charge in [0.25, 0.3) is 0 Å². The van der Waals surface area contributed by atoms with Crippen molar-refractivity contribution in [2.24, 2.45) is 5.10 Å². The number of rotatable bonds is 6. The molecule has 0 bridgehead atoms. The second-order valence-electron chi connectivity index (χ2n) is 6.48. The highest BCUT2D eigenvalue weighted by Crippen LogP contribution is 2.22. The number of amides is 2. The molecule has 166 valence electrons. The van der Waals surface area contributed by atoms with Crippen LogP contribution in [0.5, 0.6) is 5.75 Å². The van der Waals surface area contributed by atoms with Crippen LogP contribution in [0.2, 0.25) is 5.02 Å². The highest BCUT2D eigenvalue weighted by molar-refractivity contribution is 9.10. The van der Waals surface area contributed by atoms with Crippen LogP contribution < -0.4 is 15.5 Å². The zero-order chi connectivity index (χ0) is 23.6. The maximum atomic E-state index is 12.2. The van der Waals surface area contributed by atoms with Crippen LogP contribution >= 0.6 is 27.5 Å². The molecule has 0 fully saturated rings. The molecule has 0 saturated carbocycles. The number of para-hydroxylation sites is 1. The first-order valence-electron chi connectivity index (χ1n) is 9.56. The molecule has 0 aliphatic carbocycles. The first kappa shape index (κ1) is 23.9. The van der Waals surface area contributed by atoms with E-state index >= 15 is 0 Å². The highest BCUT2D eigenvalue weighted by Gasteiger charge is 2.14. The van der Waals surface area contributed by atoms with Gasteiger partial charge in [-0.15, -0.1) is 0 Å². The van der Waals surface area contributed by atoms with Crippen LogP contribution in [0.1, 0.15) is 11.1 Å². The Kier molecular flexibility index (Phi) is 8.51. The van der Waals surface area contributed by atoms with E-state index < -0.39 is 17.8 Å². The quantitative estimate of drug-likeness (QED) is 0.120. The number of hydrogen-bond donors (Lipinski definition) is 2. The van der Waals surface area contributed by atoms with Crippen LogP contribution in [0.3, 0.4) is 0 Å². The average molecular weight is 527 g/mol. The number of nitrogens with zero attached hydrogens (tertiary/aromatic N) is 1. The van der Waals surface area contributed by atoms with E-state index in [9.17, 15) is 14.4 Å². The Balaban J connectivity index is 1.63. The van der Waals surface area contributed by atoms with Gasteiger partial charge in [0, 0.05) is 16.1 Å². The van der Waals surface area contributed by atoms with Gasteiger partial charge in [-0.05, 0) is 42.0 Å². The minimum atomic E-state index is -0.995. The number of esters is 1. The van der Waals surface area contributed by atoms with Crippen LogP contribution in [-0.4, -0.2) is 24.0 Å². The Morgan fingerprint density at radius 1 is 0.939 bits per heavy atom. The molecule has 0 aliphatic heterocycles. The lowest BCUT2D eigenvalue weighted by Gasteiger charge is -2.07. The van der Waals surface area contributed by atoms with E-state index in [2.05, 4.69) is 31.8 Å². The number of nitrogens with one attached hydrogen (secondary N) is 2. The summed E-state index contributed by atoms with van der Waals surface area (Å²) in [6.07, 6.45) is 4.20. The van der Waals surface area contributed by atoms with E-state index in [-0.39, 0.29) is 5.75 Å². The Hall–Kier alpha value is -3.75. The smallest absolute Gasteiger partial charge is 0.336 e. The van der Waals surface area contributed by atoms with Gasteiger partial charge >= 0.3 is 17.8 Å². The van der Waals surface area contributed by atoms with E-state index in [0.717, 1.165) is 5.56 Å². The molecule has 33 heavy (non-hydrogen) atoms. The van der Waals surface area contributed by atoms with Crippen LogP contribution in [0.4, 0.5) is 5.69 Å². The Morgan fingerprint density at radius 2 is 1.67 bits per heavy atom. The SMILES string of the molecule is O=C(/C=C/c1ccccc1)Oc1ccc(Br)cc1/C=N\NC(=O)C(=O)Nc1ccccc1Cl. The molecule has 0 saturated heterocycles. The van der Waals surface area contributed by atoms with Crippen LogP contribution in [0.25, 0.3) is 6.08 Å². The first-order valence-corrected chi connectivity index (χ1v) is 10.7. The molecule has 7 nitrogen and oxygen atoms in total. The van der Waals surface area contributed by atoms with Gasteiger partial charge in [-0.3, -0.25) is 9.59 Å². The summed E-state index contributed by atoms with van der Waals surface area (Å²) in [5.41, 5.74) is 3.67. The lowest BCUT2D eigenvalue weighted by molar-refractivity contribution is -0.136. The molecule has 0 heterocycles. The van der Waals surface area contributed by atoms with Crippen molar-refractivity contribution in [2.45, 2.75) is 0 Å². The van der Waals surface area contributed by atoms with Gasteiger partial charge in [0.1, 0.15) is 5.75 Å². The summed E-state index contributed by atoms with van der Waals surface area (Å²) in [5, 5.41) is 6.47. The highest BCUT2D eigenvalue weighted by atomic mass is 79.9. The van der Waals surface area contributed by atoms with E-state index in [0.29, 0.717) is 20.7 Å². The molecule has 0 spiro atoms. The van der Waals surface area contributed by atoms with Gasteiger partial charge in [0.15, 0.2) is 0 Å². The first-order chi connectivity index (χ1) is 15.9. The number of carbonyl (C=O) groups excluding carboxylic acids is 3. The number of carbonyl (C=O) groups is 3. The van der Waals surface area contributed by atoms with Gasteiger partial charge in [0.2, 0.25) is 0 Å². The summed E-state index contributed by atoms with van der Waals surface area (Å²) in [6, 6.07) is 20.7. The van der Waals surface area contributed by atoms with Crippen molar-refractivity contribution in [2.75, 3.05) is 5.32 Å². The predicted molar refractivity (Wildman–Crippen MR) is 131 cm³/mol. The molecule has 0 atom stereocenters. The molecule has 3 aromatic rings. The van der Waals surface area contributed by atoms with E-state index in [1.54, 1.807) is 48.5 Å². The number of hydrazone groups is 1. The lowest BCUT2D eigenvalue weighted by Crippen LogP contribution is -2.32. The maximum absolute atomic E-state index is 12.2. The van der Waals surface area contributed by atoms with Crippen LogP contribution in [0.15, 0.2) is 88.4 Å². The number of halogens is 2. The molecule has 3 rings (SSSR count). The van der Waals surface area contributed by atoms with E-state index in [1.807, 2.05) is 30.3 Å². The minimum Gasteiger partial charge on any atom is -0.423 e. The molecule has 3 aromatic carbocycles. The fraction of sp³-hybridized carbons (Fsp3) is 0. The van der Waals surface area contributed by atoms with Crippen molar-refractivity contribution in [3.8, 4) is 5.75 Å². The van der Waals surface area contributed by atoms with Gasteiger partial charge < -0.3 is 10.1 Å². The normalized spacial score (nSPS) is 10.8. The van der Waals surface area contributed by atoms with Crippen molar-refractivity contribution in [3.05, 3.63) is 99.5 Å².